The molecule has 0 fully saturated rings. The van der Waals surface area contributed by atoms with Crippen LogP contribution >= 0.6 is 0 Å². The number of nitrogens with zero attached hydrogens (tertiary/aromatic N) is 3. The standard InChI is InChI=1S/C27H27N3O/c1-17-4-6-20(7-5-17)19(3)30-11-9-21-14-25-24(13-23(21)15-26(30)31)16-29-27(25)22-8-10-28-18(2)12-22/h4-8,10,12-14,19H,9,11,15-16H2,1-3H3/t19-/m1/s1. The van der Waals surface area contributed by atoms with Crippen LogP contribution in [0, 0.1) is 13.8 Å². The molecule has 3 heterocycles. The third kappa shape index (κ3) is 3.67. The average Bonchev–Trinajstić information content (AvgIpc) is 3.09. The molecule has 2 aliphatic heterocycles. The molecular weight excluding hydrogens is 382 g/mol. The fourth-order valence-corrected chi connectivity index (χ4v) is 4.74. The number of hydrogen-bond donors (Lipinski definition) is 0. The first-order valence-electron chi connectivity index (χ1n) is 11.0. The predicted molar refractivity (Wildman–Crippen MR) is 123 cm³/mol. The van der Waals surface area contributed by atoms with E-state index < -0.39 is 0 Å². The van der Waals surface area contributed by atoms with Crippen molar-refractivity contribution in [3.8, 4) is 0 Å². The Bertz CT molecular complexity index is 1190. The van der Waals surface area contributed by atoms with E-state index in [4.69, 9.17) is 4.99 Å². The lowest BCUT2D eigenvalue weighted by atomic mass is 9.93. The minimum absolute atomic E-state index is 0.0752. The molecule has 156 valence electrons. The Hall–Kier alpha value is -3.27. The maximum atomic E-state index is 13.2. The van der Waals surface area contributed by atoms with Crippen LogP contribution in [-0.2, 0) is 24.2 Å². The van der Waals surface area contributed by atoms with Gasteiger partial charge in [-0.1, -0.05) is 35.9 Å². The number of pyridine rings is 1. The second-order valence-corrected chi connectivity index (χ2v) is 8.73. The Kier molecular flexibility index (Phi) is 4.93. The minimum Gasteiger partial charge on any atom is -0.335 e. The van der Waals surface area contributed by atoms with E-state index >= 15 is 0 Å². The fraction of sp³-hybridized carbons (Fsp3) is 0.296. The van der Waals surface area contributed by atoms with E-state index in [1.807, 2.05) is 24.1 Å². The lowest BCUT2D eigenvalue weighted by Gasteiger charge is -2.28. The van der Waals surface area contributed by atoms with Gasteiger partial charge in [-0.2, -0.15) is 0 Å². The second-order valence-electron chi connectivity index (χ2n) is 8.73. The van der Waals surface area contributed by atoms with E-state index in [1.54, 1.807) is 0 Å². The summed E-state index contributed by atoms with van der Waals surface area (Å²) in [6.45, 7) is 7.64. The van der Waals surface area contributed by atoms with E-state index in [9.17, 15) is 4.79 Å². The third-order valence-corrected chi connectivity index (χ3v) is 6.57. The monoisotopic (exact) mass is 409 g/mol. The van der Waals surface area contributed by atoms with Crippen molar-refractivity contribution >= 4 is 11.6 Å². The van der Waals surface area contributed by atoms with Gasteiger partial charge < -0.3 is 4.90 Å². The molecule has 31 heavy (non-hydrogen) atoms. The number of benzene rings is 2. The summed E-state index contributed by atoms with van der Waals surface area (Å²) in [4.78, 5) is 24.3. The first kappa shape index (κ1) is 19.7. The quantitative estimate of drug-likeness (QED) is 0.627. The van der Waals surface area contributed by atoms with Crippen LogP contribution < -0.4 is 0 Å². The molecule has 0 saturated carbocycles. The molecule has 5 rings (SSSR count). The highest BCUT2D eigenvalue weighted by Crippen LogP contribution is 2.31. The molecular formula is C27H27N3O. The molecule has 0 radical (unpaired) electrons. The minimum atomic E-state index is 0.0752. The number of amides is 1. The van der Waals surface area contributed by atoms with Gasteiger partial charge in [0.05, 0.1) is 24.7 Å². The zero-order valence-corrected chi connectivity index (χ0v) is 18.4. The zero-order chi connectivity index (χ0) is 21.5. The molecule has 4 heteroatoms. The Morgan fingerprint density at radius 3 is 2.55 bits per heavy atom. The van der Waals surface area contributed by atoms with Crippen molar-refractivity contribution in [1.82, 2.24) is 9.88 Å². The van der Waals surface area contributed by atoms with Gasteiger partial charge in [-0.15, -0.1) is 0 Å². The van der Waals surface area contributed by atoms with Gasteiger partial charge in [0, 0.05) is 29.6 Å². The molecule has 0 bridgehead atoms. The maximum Gasteiger partial charge on any atom is 0.227 e. The number of aryl methyl sites for hydroxylation is 2. The summed E-state index contributed by atoms with van der Waals surface area (Å²) in [5, 5.41) is 0. The van der Waals surface area contributed by atoms with Crippen LogP contribution in [0.3, 0.4) is 0 Å². The van der Waals surface area contributed by atoms with Crippen molar-refractivity contribution in [2.75, 3.05) is 6.54 Å². The van der Waals surface area contributed by atoms with Crippen molar-refractivity contribution in [1.29, 1.82) is 0 Å². The summed E-state index contributed by atoms with van der Waals surface area (Å²) in [6.07, 6.45) is 3.17. The van der Waals surface area contributed by atoms with Crippen molar-refractivity contribution in [2.24, 2.45) is 4.99 Å². The summed E-state index contributed by atoms with van der Waals surface area (Å²) in [7, 11) is 0. The molecule has 0 saturated heterocycles. The SMILES string of the molecule is Cc1ccc([C@@H](C)N2CCc3cc4c(cc3CC2=O)CN=C4c2ccnc(C)c2)cc1. The predicted octanol–water partition coefficient (Wildman–Crippen LogP) is 4.74. The van der Waals surface area contributed by atoms with E-state index in [0.29, 0.717) is 13.0 Å². The third-order valence-electron chi connectivity index (χ3n) is 6.57. The lowest BCUT2D eigenvalue weighted by molar-refractivity contribution is -0.132. The number of rotatable bonds is 3. The Morgan fingerprint density at radius 1 is 0.968 bits per heavy atom. The second kappa shape index (κ2) is 7.77. The Balaban J connectivity index is 1.43. The van der Waals surface area contributed by atoms with Crippen molar-refractivity contribution in [3.63, 3.8) is 0 Å². The Morgan fingerprint density at radius 2 is 1.77 bits per heavy atom. The molecule has 0 unspecified atom stereocenters. The Labute approximate surface area is 183 Å². The van der Waals surface area contributed by atoms with Gasteiger partial charge in [-0.25, -0.2) is 0 Å². The summed E-state index contributed by atoms with van der Waals surface area (Å²) in [5.41, 5.74) is 10.4. The molecule has 1 aromatic heterocycles. The fourth-order valence-electron chi connectivity index (χ4n) is 4.74. The molecule has 2 aliphatic rings. The molecule has 0 spiro atoms. The lowest BCUT2D eigenvalue weighted by Crippen LogP contribution is -2.34. The first-order chi connectivity index (χ1) is 15.0. The number of aromatic nitrogens is 1. The number of fused-ring (bicyclic) bond motifs is 2. The smallest absolute Gasteiger partial charge is 0.227 e. The molecule has 3 aromatic rings. The number of carbonyl (C=O) groups excluding carboxylic acids is 1. The number of aliphatic imine (C=N–C) groups is 1. The van der Waals surface area contributed by atoms with Gasteiger partial charge in [-0.05, 0) is 67.6 Å². The highest BCUT2D eigenvalue weighted by atomic mass is 16.2. The largest absolute Gasteiger partial charge is 0.335 e. The molecule has 0 aliphatic carbocycles. The van der Waals surface area contributed by atoms with Crippen LogP contribution in [0.4, 0.5) is 0 Å². The molecule has 4 nitrogen and oxygen atoms in total. The van der Waals surface area contributed by atoms with Crippen molar-refractivity contribution in [3.05, 3.63) is 99.4 Å². The van der Waals surface area contributed by atoms with Crippen LogP contribution in [0.1, 0.15) is 57.6 Å². The van der Waals surface area contributed by atoms with Crippen LogP contribution in [0.25, 0.3) is 0 Å². The highest BCUT2D eigenvalue weighted by molar-refractivity contribution is 6.15. The molecule has 0 N–H and O–H groups in total. The van der Waals surface area contributed by atoms with Gasteiger partial charge >= 0.3 is 0 Å². The number of carbonyl (C=O) groups is 1. The van der Waals surface area contributed by atoms with Gasteiger partial charge in [0.25, 0.3) is 0 Å². The zero-order valence-electron chi connectivity index (χ0n) is 18.4. The molecule has 1 amide bonds. The normalized spacial score (nSPS) is 16.4. The van der Waals surface area contributed by atoms with E-state index in [0.717, 1.165) is 35.5 Å². The summed E-state index contributed by atoms with van der Waals surface area (Å²) in [6, 6.07) is 17.2. The van der Waals surface area contributed by atoms with Crippen LogP contribution in [0.5, 0.6) is 0 Å². The van der Waals surface area contributed by atoms with Gasteiger partial charge in [0.2, 0.25) is 5.91 Å². The van der Waals surface area contributed by atoms with E-state index in [1.165, 1.54) is 27.8 Å². The average molecular weight is 410 g/mol. The van der Waals surface area contributed by atoms with E-state index in [-0.39, 0.29) is 11.9 Å². The molecule has 1 atom stereocenters. The summed E-state index contributed by atoms with van der Waals surface area (Å²) < 4.78 is 0. The van der Waals surface area contributed by atoms with Crippen LogP contribution in [-0.4, -0.2) is 28.0 Å². The highest BCUT2D eigenvalue weighted by Gasteiger charge is 2.28. The van der Waals surface area contributed by atoms with Crippen LogP contribution in [0.2, 0.25) is 0 Å². The molecule has 2 aromatic carbocycles. The summed E-state index contributed by atoms with van der Waals surface area (Å²) in [5.74, 6) is 0.204. The van der Waals surface area contributed by atoms with Crippen molar-refractivity contribution < 1.29 is 4.79 Å². The van der Waals surface area contributed by atoms with E-state index in [2.05, 4.69) is 61.3 Å². The van der Waals surface area contributed by atoms with Gasteiger partial charge in [0.15, 0.2) is 0 Å². The van der Waals surface area contributed by atoms with Crippen LogP contribution in [0.15, 0.2) is 59.7 Å². The van der Waals surface area contributed by atoms with Gasteiger partial charge in [-0.3, -0.25) is 14.8 Å². The van der Waals surface area contributed by atoms with Gasteiger partial charge in [0.1, 0.15) is 0 Å². The topological polar surface area (TPSA) is 45.6 Å². The van der Waals surface area contributed by atoms with Crippen molar-refractivity contribution in [2.45, 2.75) is 46.2 Å². The summed E-state index contributed by atoms with van der Waals surface area (Å²) >= 11 is 0. The number of hydrogen-bond acceptors (Lipinski definition) is 3. The maximum absolute atomic E-state index is 13.2. The first-order valence-corrected chi connectivity index (χ1v) is 11.0.